The fraction of sp³-hybridized carbons (Fsp3) is 0.667. The normalized spacial score (nSPS) is 19.9. The highest BCUT2D eigenvalue weighted by atomic mass is 19.1. The van der Waals surface area contributed by atoms with Crippen LogP contribution in [0.25, 0.3) is 0 Å². The molecule has 0 aromatic heterocycles. The summed E-state index contributed by atoms with van der Waals surface area (Å²) in [5.74, 6) is 0. The number of benzene rings is 1. The smallest absolute Gasteiger partial charge is 0.103 e. The van der Waals surface area contributed by atoms with Gasteiger partial charge in [-0.2, -0.15) is 0 Å². The Morgan fingerprint density at radius 2 is 1.70 bits per heavy atom. The number of hydrogen-bond donors (Lipinski definition) is 0. The van der Waals surface area contributed by atoms with Crippen molar-refractivity contribution >= 4 is 0 Å². The zero-order valence-electron chi connectivity index (χ0n) is 13.0. The molecule has 2 aliphatic rings. The van der Waals surface area contributed by atoms with Gasteiger partial charge in [-0.25, -0.2) is 4.39 Å². The average molecular weight is 277 g/mol. The lowest BCUT2D eigenvalue weighted by Gasteiger charge is -2.29. The van der Waals surface area contributed by atoms with Gasteiger partial charge in [0.2, 0.25) is 0 Å². The third-order valence-corrected chi connectivity index (χ3v) is 4.34. The molecule has 0 bridgehead atoms. The topological polar surface area (TPSA) is 3.24 Å². The number of aryl methyl sites for hydroxylation is 2. The summed E-state index contributed by atoms with van der Waals surface area (Å²) in [6.45, 7) is 6.83. The van der Waals surface area contributed by atoms with Gasteiger partial charge in [0.25, 0.3) is 0 Å². The molecule has 1 saturated heterocycles. The fourth-order valence-electron chi connectivity index (χ4n) is 3.20. The standard InChI is InChI=1S/C16H22FN.C2H6/c17-16-7-9-18(10-8-16)12-13-5-6-14-3-1-2-4-15(14)11-13;1-2/h5-6,11,16H,1-4,7-10,12H2;1-2H3. The molecule has 1 heterocycles. The molecule has 0 spiro atoms. The minimum atomic E-state index is -0.565. The predicted octanol–water partition coefficient (Wildman–Crippen LogP) is 4.53. The second-order valence-electron chi connectivity index (χ2n) is 5.76. The van der Waals surface area contributed by atoms with Gasteiger partial charge in [0, 0.05) is 19.6 Å². The Morgan fingerprint density at radius 1 is 1.05 bits per heavy atom. The Bertz CT molecular complexity index is 408. The van der Waals surface area contributed by atoms with E-state index in [-0.39, 0.29) is 0 Å². The van der Waals surface area contributed by atoms with Crippen molar-refractivity contribution in [3.63, 3.8) is 0 Å². The summed E-state index contributed by atoms with van der Waals surface area (Å²) in [4.78, 5) is 2.39. The lowest BCUT2D eigenvalue weighted by Crippen LogP contribution is -2.33. The van der Waals surface area contributed by atoms with E-state index >= 15 is 0 Å². The average Bonchev–Trinajstić information content (AvgIpc) is 2.51. The van der Waals surface area contributed by atoms with Crippen LogP contribution in [0.3, 0.4) is 0 Å². The highest BCUT2D eigenvalue weighted by Gasteiger charge is 2.18. The summed E-state index contributed by atoms with van der Waals surface area (Å²) in [5.41, 5.74) is 4.51. The van der Waals surface area contributed by atoms with Gasteiger partial charge in [0.05, 0.1) is 0 Å². The lowest BCUT2D eigenvalue weighted by atomic mass is 9.90. The minimum absolute atomic E-state index is 0.565. The van der Waals surface area contributed by atoms with Gasteiger partial charge < -0.3 is 0 Å². The number of hydrogen-bond acceptors (Lipinski definition) is 1. The van der Waals surface area contributed by atoms with Crippen LogP contribution >= 0.6 is 0 Å². The predicted molar refractivity (Wildman–Crippen MR) is 83.8 cm³/mol. The molecule has 3 rings (SSSR count). The maximum absolute atomic E-state index is 13.1. The van der Waals surface area contributed by atoms with Crippen molar-refractivity contribution < 1.29 is 4.39 Å². The van der Waals surface area contributed by atoms with Gasteiger partial charge in [-0.1, -0.05) is 32.0 Å². The number of nitrogens with zero attached hydrogens (tertiary/aromatic N) is 1. The van der Waals surface area contributed by atoms with E-state index in [1.54, 1.807) is 11.1 Å². The first-order valence-electron chi connectivity index (χ1n) is 8.28. The minimum Gasteiger partial charge on any atom is -0.299 e. The first-order valence-corrected chi connectivity index (χ1v) is 8.28. The van der Waals surface area contributed by atoms with Gasteiger partial charge in [0.1, 0.15) is 6.17 Å². The molecule has 112 valence electrons. The molecule has 2 heteroatoms. The van der Waals surface area contributed by atoms with E-state index in [2.05, 4.69) is 23.1 Å². The summed E-state index contributed by atoms with van der Waals surface area (Å²) < 4.78 is 13.1. The summed E-state index contributed by atoms with van der Waals surface area (Å²) in [5, 5.41) is 0. The van der Waals surface area contributed by atoms with E-state index < -0.39 is 6.17 Å². The number of alkyl halides is 1. The van der Waals surface area contributed by atoms with Crippen LogP contribution in [0.1, 0.15) is 56.2 Å². The first-order chi connectivity index (χ1) is 9.81. The van der Waals surface area contributed by atoms with Gasteiger partial charge in [0.15, 0.2) is 0 Å². The Labute approximate surface area is 123 Å². The Balaban J connectivity index is 0.000000704. The van der Waals surface area contributed by atoms with Crippen molar-refractivity contribution in [1.29, 1.82) is 0 Å². The van der Waals surface area contributed by atoms with Crippen LogP contribution in [0, 0.1) is 0 Å². The van der Waals surface area contributed by atoms with E-state index in [0.29, 0.717) is 12.8 Å². The van der Waals surface area contributed by atoms with Crippen LogP contribution in [-0.2, 0) is 19.4 Å². The summed E-state index contributed by atoms with van der Waals surface area (Å²) in [6, 6.07) is 6.97. The molecule has 0 unspecified atom stereocenters. The summed E-state index contributed by atoms with van der Waals surface area (Å²) >= 11 is 0. The van der Waals surface area contributed by atoms with E-state index in [1.807, 2.05) is 13.8 Å². The molecule has 1 aromatic carbocycles. The zero-order chi connectivity index (χ0) is 14.4. The van der Waals surface area contributed by atoms with Crippen molar-refractivity contribution in [2.45, 2.75) is 65.1 Å². The van der Waals surface area contributed by atoms with Crippen molar-refractivity contribution in [2.75, 3.05) is 13.1 Å². The van der Waals surface area contributed by atoms with Crippen molar-refractivity contribution in [3.05, 3.63) is 34.9 Å². The molecule has 0 atom stereocenters. The van der Waals surface area contributed by atoms with Gasteiger partial charge in [-0.3, -0.25) is 4.90 Å². The van der Waals surface area contributed by atoms with Crippen molar-refractivity contribution in [3.8, 4) is 0 Å². The number of piperidine rings is 1. The van der Waals surface area contributed by atoms with Crippen LogP contribution in [0.2, 0.25) is 0 Å². The second kappa shape index (κ2) is 7.78. The number of likely N-dealkylation sites (tertiary alicyclic amines) is 1. The Kier molecular flexibility index (Phi) is 6.03. The van der Waals surface area contributed by atoms with E-state index in [0.717, 1.165) is 19.6 Å². The second-order valence-corrected chi connectivity index (χ2v) is 5.76. The van der Waals surface area contributed by atoms with Crippen LogP contribution in [0.5, 0.6) is 0 Å². The highest BCUT2D eigenvalue weighted by Crippen LogP contribution is 2.23. The lowest BCUT2D eigenvalue weighted by molar-refractivity contribution is 0.145. The molecule has 1 aromatic rings. The summed E-state index contributed by atoms with van der Waals surface area (Å²) in [6.07, 6.45) is 6.04. The fourth-order valence-corrected chi connectivity index (χ4v) is 3.20. The third-order valence-electron chi connectivity index (χ3n) is 4.34. The SMILES string of the molecule is CC.FC1CCN(Cc2ccc3c(c2)CCCC3)CC1. The van der Waals surface area contributed by atoms with Crippen LogP contribution in [0.4, 0.5) is 4.39 Å². The van der Waals surface area contributed by atoms with Crippen LogP contribution < -0.4 is 0 Å². The molecule has 1 aliphatic heterocycles. The zero-order valence-corrected chi connectivity index (χ0v) is 13.0. The van der Waals surface area contributed by atoms with E-state index in [9.17, 15) is 4.39 Å². The van der Waals surface area contributed by atoms with Gasteiger partial charge in [-0.05, 0) is 55.2 Å². The molecule has 0 amide bonds. The largest absolute Gasteiger partial charge is 0.299 e. The molecular formula is C18H28FN. The molecule has 1 aliphatic carbocycles. The maximum atomic E-state index is 13.1. The number of fused-ring (bicyclic) bond motifs is 1. The monoisotopic (exact) mass is 277 g/mol. The highest BCUT2D eigenvalue weighted by molar-refractivity contribution is 5.33. The Hall–Kier alpha value is -0.890. The molecule has 0 N–H and O–H groups in total. The quantitative estimate of drug-likeness (QED) is 0.768. The molecule has 1 nitrogen and oxygen atoms in total. The molecule has 0 saturated carbocycles. The Morgan fingerprint density at radius 3 is 2.40 bits per heavy atom. The molecular weight excluding hydrogens is 249 g/mol. The maximum Gasteiger partial charge on any atom is 0.103 e. The van der Waals surface area contributed by atoms with Crippen molar-refractivity contribution in [1.82, 2.24) is 4.90 Å². The summed E-state index contributed by atoms with van der Waals surface area (Å²) in [7, 11) is 0. The third kappa shape index (κ3) is 4.05. The molecule has 1 fully saturated rings. The first kappa shape index (κ1) is 15.5. The van der Waals surface area contributed by atoms with Gasteiger partial charge >= 0.3 is 0 Å². The number of halogens is 1. The van der Waals surface area contributed by atoms with E-state index in [1.165, 1.54) is 31.2 Å². The molecule has 20 heavy (non-hydrogen) atoms. The van der Waals surface area contributed by atoms with Crippen LogP contribution in [0.15, 0.2) is 18.2 Å². The van der Waals surface area contributed by atoms with E-state index in [4.69, 9.17) is 0 Å². The van der Waals surface area contributed by atoms with Crippen molar-refractivity contribution in [2.24, 2.45) is 0 Å². The molecule has 0 radical (unpaired) electrons. The van der Waals surface area contributed by atoms with Crippen LogP contribution in [-0.4, -0.2) is 24.2 Å². The van der Waals surface area contributed by atoms with Gasteiger partial charge in [-0.15, -0.1) is 0 Å². The number of rotatable bonds is 2.